The molecule has 520 valence electrons. The highest BCUT2D eigenvalue weighted by atomic mass is 16.7. The number of unbranched alkanes of at least 4 members (excludes halogenated alkanes) is 48. The standard InChI is InChI=1S/C74H141NO13/c1-3-5-7-9-11-13-15-17-19-21-23-24-25-26-27-28-29-30-31-32-33-34-35-36-37-38-40-42-44-46-48-50-52-54-56-58-66(79)75-62(63(78)57-55-53-51-49-47-45-43-41-39-22-20-18-16-14-12-10-8-6-4-2)61-85-73-71(84)69(82)72(65(60-77)87-73)88-74-70(83)68(81)67(80)64(59-76)86-74/h47,49,55,57,62-65,67-74,76-78,80-84H,3-46,48,50-54,56,58-61H2,1-2H3,(H,75,79)/b49-47+,57-55+. The summed E-state index contributed by atoms with van der Waals surface area (Å²) in [5.74, 6) is -0.241. The van der Waals surface area contributed by atoms with Crippen LogP contribution in [0.5, 0.6) is 0 Å². The van der Waals surface area contributed by atoms with Gasteiger partial charge >= 0.3 is 0 Å². The average Bonchev–Trinajstić information content (AvgIpc) is 1.47. The van der Waals surface area contributed by atoms with Gasteiger partial charge in [-0.15, -0.1) is 0 Å². The number of nitrogens with one attached hydrogen (secondary N) is 1. The molecule has 0 saturated carbocycles. The van der Waals surface area contributed by atoms with Crippen molar-refractivity contribution < 1.29 is 64.6 Å². The van der Waals surface area contributed by atoms with Crippen molar-refractivity contribution in [2.45, 2.75) is 421 Å². The topological polar surface area (TPSA) is 228 Å². The molecular weight excluding hydrogens is 1110 g/mol. The Morgan fingerprint density at radius 1 is 0.398 bits per heavy atom. The molecule has 14 heteroatoms. The van der Waals surface area contributed by atoms with E-state index in [0.717, 1.165) is 32.1 Å². The highest BCUT2D eigenvalue weighted by Crippen LogP contribution is 2.30. The van der Waals surface area contributed by atoms with Gasteiger partial charge in [0.2, 0.25) is 5.91 Å². The molecule has 0 spiro atoms. The maximum Gasteiger partial charge on any atom is 0.220 e. The number of allylic oxidation sites excluding steroid dienone is 3. The first-order valence-corrected chi connectivity index (χ1v) is 37.6. The quantitative estimate of drug-likeness (QED) is 0.0204. The summed E-state index contributed by atoms with van der Waals surface area (Å²) in [5, 5.41) is 87.4. The van der Waals surface area contributed by atoms with Crippen molar-refractivity contribution in [1.29, 1.82) is 0 Å². The van der Waals surface area contributed by atoms with E-state index in [0.29, 0.717) is 12.8 Å². The van der Waals surface area contributed by atoms with E-state index >= 15 is 0 Å². The average molecular weight is 1250 g/mol. The van der Waals surface area contributed by atoms with E-state index in [1.807, 2.05) is 6.08 Å². The molecule has 12 atom stereocenters. The summed E-state index contributed by atoms with van der Waals surface area (Å²) in [6.07, 6.45) is 58.4. The van der Waals surface area contributed by atoms with Crippen LogP contribution in [0.3, 0.4) is 0 Å². The van der Waals surface area contributed by atoms with Crippen LogP contribution < -0.4 is 5.32 Å². The van der Waals surface area contributed by atoms with Gasteiger partial charge in [-0.2, -0.15) is 0 Å². The Hall–Kier alpha value is -1.53. The largest absolute Gasteiger partial charge is 0.394 e. The summed E-state index contributed by atoms with van der Waals surface area (Å²) in [6, 6.07) is -0.929. The van der Waals surface area contributed by atoms with Crippen LogP contribution in [0.2, 0.25) is 0 Å². The van der Waals surface area contributed by atoms with Gasteiger partial charge in [0.1, 0.15) is 48.8 Å². The second-order valence-corrected chi connectivity index (χ2v) is 26.8. The molecule has 88 heavy (non-hydrogen) atoms. The summed E-state index contributed by atoms with van der Waals surface area (Å²) in [6.45, 7) is 2.84. The van der Waals surface area contributed by atoms with Crippen LogP contribution in [0.4, 0.5) is 0 Å². The Labute approximate surface area is 539 Å². The molecule has 2 fully saturated rings. The fraction of sp³-hybridized carbons (Fsp3) is 0.932. The van der Waals surface area contributed by atoms with Crippen LogP contribution in [0, 0.1) is 0 Å². The lowest BCUT2D eigenvalue weighted by Gasteiger charge is -2.46. The van der Waals surface area contributed by atoms with Crippen molar-refractivity contribution >= 4 is 5.91 Å². The van der Waals surface area contributed by atoms with Crippen molar-refractivity contribution in [2.24, 2.45) is 0 Å². The molecule has 0 aromatic rings. The van der Waals surface area contributed by atoms with Gasteiger partial charge < -0.3 is 65.1 Å². The molecule has 0 aliphatic carbocycles. The van der Waals surface area contributed by atoms with E-state index in [9.17, 15) is 45.6 Å². The molecule has 0 aromatic carbocycles. The van der Waals surface area contributed by atoms with Crippen LogP contribution >= 0.6 is 0 Å². The number of ether oxygens (including phenoxy) is 4. The summed E-state index contributed by atoms with van der Waals surface area (Å²) in [5.41, 5.74) is 0. The zero-order valence-electron chi connectivity index (χ0n) is 56.7. The van der Waals surface area contributed by atoms with Gasteiger partial charge in [-0.3, -0.25) is 4.79 Å². The Bertz CT molecular complexity index is 1570. The van der Waals surface area contributed by atoms with Crippen molar-refractivity contribution in [1.82, 2.24) is 5.32 Å². The lowest BCUT2D eigenvalue weighted by molar-refractivity contribution is -0.359. The van der Waals surface area contributed by atoms with Gasteiger partial charge in [-0.1, -0.05) is 334 Å². The molecule has 0 radical (unpaired) electrons. The van der Waals surface area contributed by atoms with Crippen molar-refractivity contribution in [3.8, 4) is 0 Å². The van der Waals surface area contributed by atoms with E-state index < -0.39 is 86.8 Å². The van der Waals surface area contributed by atoms with Gasteiger partial charge in [0.15, 0.2) is 12.6 Å². The summed E-state index contributed by atoms with van der Waals surface area (Å²) in [7, 11) is 0. The maximum atomic E-state index is 13.3. The molecule has 12 unspecified atom stereocenters. The fourth-order valence-corrected chi connectivity index (χ4v) is 12.7. The molecule has 14 nitrogen and oxygen atoms in total. The SMILES string of the molecule is CCCCCCCCCCCCCCC/C=C/CC/C=C/C(O)C(COC1OC(CO)C(OC2OC(CO)C(O)C(O)C2O)C(O)C1O)NC(=O)CCCCCCCCCCCCCCCCCCCCCCCCCCCCCCCCCCCCC. The van der Waals surface area contributed by atoms with Crippen LogP contribution in [-0.4, -0.2) is 140 Å². The number of hydrogen-bond donors (Lipinski definition) is 9. The van der Waals surface area contributed by atoms with E-state index in [2.05, 4.69) is 31.3 Å². The number of carbonyl (C=O) groups excluding carboxylic acids is 1. The van der Waals surface area contributed by atoms with Gasteiger partial charge in [0.25, 0.3) is 0 Å². The maximum absolute atomic E-state index is 13.3. The summed E-state index contributed by atoms with van der Waals surface area (Å²) in [4.78, 5) is 13.3. The molecule has 2 saturated heterocycles. The zero-order valence-corrected chi connectivity index (χ0v) is 56.7. The predicted molar refractivity (Wildman–Crippen MR) is 360 cm³/mol. The Morgan fingerprint density at radius 3 is 1.11 bits per heavy atom. The normalized spacial score (nSPS) is 23.2. The summed E-state index contributed by atoms with van der Waals surface area (Å²) >= 11 is 0. The molecule has 9 N–H and O–H groups in total. The van der Waals surface area contributed by atoms with Crippen LogP contribution in [-0.2, 0) is 23.7 Å². The predicted octanol–water partition coefficient (Wildman–Crippen LogP) is 15.9. The number of amides is 1. The van der Waals surface area contributed by atoms with Crippen LogP contribution in [0.15, 0.2) is 24.3 Å². The van der Waals surface area contributed by atoms with E-state index in [4.69, 9.17) is 18.9 Å². The van der Waals surface area contributed by atoms with Crippen molar-refractivity contribution in [2.75, 3.05) is 19.8 Å². The van der Waals surface area contributed by atoms with E-state index in [-0.39, 0.29) is 18.9 Å². The van der Waals surface area contributed by atoms with Gasteiger partial charge in [0, 0.05) is 6.42 Å². The fourth-order valence-electron chi connectivity index (χ4n) is 12.7. The Morgan fingerprint density at radius 2 is 0.727 bits per heavy atom. The second-order valence-electron chi connectivity index (χ2n) is 26.8. The van der Waals surface area contributed by atoms with Crippen LogP contribution in [0.1, 0.15) is 348 Å². The first-order valence-electron chi connectivity index (χ1n) is 37.6. The first-order chi connectivity index (χ1) is 43.1. The van der Waals surface area contributed by atoms with E-state index in [1.165, 1.54) is 283 Å². The molecule has 2 rings (SSSR count). The van der Waals surface area contributed by atoms with Gasteiger partial charge in [0.05, 0.1) is 32.0 Å². The van der Waals surface area contributed by atoms with Crippen molar-refractivity contribution in [3.63, 3.8) is 0 Å². The number of aliphatic hydroxyl groups excluding tert-OH is 8. The first kappa shape index (κ1) is 82.6. The second kappa shape index (κ2) is 59.2. The monoisotopic (exact) mass is 1250 g/mol. The Kier molecular flexibility index (Phi) is 55.6. The lowest BCUT2D eigenvalue weighted by Crippen LogP contribution is -2.65. The third-order valence-corrected chi connectivity index (χ3v) is 18.6. The molecule has 2 aliphatic rings. The third kappa shape index (κ3) is 42.6. The molecule has 0 aromatic heterocycles. The molecule has 2 aliphatic heterocycles. The summed E-state index contributed by atoms with van der Waals surface area (Å²) < 4.78 is 22.9. The van der Waals surface area contributed by atoms with Gasteiger partial charge in [-0.05, 0) is 32.1 Å². The molecule has 1 amide bonds. The highest BCUT2D eigenvalue weighted by Gasteiger charge is 2.51. The Balaban J connectivity index is 1.61. The highest BCUT2D eigenvalue weighted by molar-refractivity contribution is 5.76. The number of aliphatic hydroxyl groups is 8. The minimum Gasteiger partial charge on any atom is -0.394 e. The van der Waals surface area contributed by atoms with E-state index in [1.54, 1.807) is 6.08 Å². The molecule has 0 bridgehead atoms. The lowest BCUT2D eigenvalue weighted by atomic mass is 9.97. The minimum absolute atomic E-state index is 0.241. The molecule has 2 heterocycles. The smallest absolute Gasteiger partial charge is 0.220 e. The minimum atomic E-state index is -1.79. The number of carbonyl (C=O) groups is 1. The third-order valence-electron chi connectivity index (χ3n) is 18.6. The zero-order chi connectivity index (χ0) is 63.8. The van der Waals surface area contributed by atoms with Crippen molar-refractivity contribution in [3.05, 3.63) is 24.3 Å². The number of hydrogen-bond acceptors (Lipinski definition) is 13. The number of rotatable bonds is 63. The van der Waals surface area contributed by atoms with Crippen LogP contribution in [0.25, 0.3) is 0 Å². The molecular formula is C74H141NO13. The van der Waals surface area contributed by atoms with Gasteiger partial charge in [-0.25, -0.2) is 0 Å².